The Bertz CT molecular complexity index is 681. The lowest BCUT2D eigenvalue weighted by atomic mass is 10.1. The fourth-order valence-corrected chi connectivity index (χ4v) is 4.21. The maximum Gasteiger partial charge on any atom is 0.150 e. The molecule has 0 atom stereocenters. The topological polar surface area (TPSA) is 52.0 Å². The molecule has 2 heterocycles. The predicted octanol–water partition coefficient (Wildman–Crippen LogP) is 2.12. The van der Waals surface area contributed by atoms with Crippen LogP contribution < -0.4 is 0 Å². The Morgan fingerprint density at radius 1 is 1.39 bits per heavy atom. The number of hydrogen-bond donors (Lipinski definition) is 0. The van der Waals surface area contributed by atoms with E-state index in [1.165, 1.54) is 0 Å². The Kier molecular flexibility index (Phi) is 2.83. The zero-order valence-electron chi connectivity index (χ0n) is 9.71. The molecule has 6 heteroatoms. The Morgan fingerprint density at radius 3 is 2.89 bits per heavy atom. The number of halogens is 1. The van der Waals surface area contributed by atoms with Crippen LogP contribution in [0, 0.1) is 5.92 Å². The molecule has 1 aliphatic rings. The van der Waals surface area contributed by atoms with E-state index in [2.05, 4.69) is 9.55 Å². The number of rotatable bonds is 3. The van der Waals surface area contributed by atoms with E-state index in [0.29, 0.717) is 22.4 Å². The summed E-state index contributed by atoms with van der Waals surface area (Å²) in [7, 11) is -2.71. The minimum atomic E-state index is -2.71. The van der Waals surface area contributed by atoms with Gasteiger partial charge in [0, 0.05) is 11.6 Å². The van der Waals surface area contributed by atoms with Gasteiger partial charge < -0.3 is 4.57 Å². The van der Waals surface area contributed by atoms with E-state index >= 15 is 0 Å². The third-order valence-electron chi connectivity index (χ3n) is 3.34. The average Bonchev–Trinajstić information content (AvgIpc) is 2.65. The van der Waals surface area contributed by atoms with Crippen molar-refractivity contribution in [1.82, 2.24) is 9.55 Å². The maximum absolute atomic E-state index is 11.1. The van der Waals surface area contributed by atoms with Crippen molar-refractivity contribution >= 4 is 32.5 Å². The molecule has 0 bridgehead atoms. The molecule has 3 rings (SSSR count). The Hall–Kier alpha value is -1.07. The summed E-state index contributed by atoms with van der Waals surface area (Å²) < 4.78 is 24.2. The first-order valence-electron chi connectivity index (χ1n) is 5.84. The third-order valence-corrected chi connectivity index (χ3v) is 5.53. The minimum Gasteiger partial charge on any atom is -0.331 e. The average molecular weight is 285 g/mol. The molecule has 0 aliphatic carbocycles. The highest BCUT2D eigenvalue weighted by Gasteiger charge is 2.32. The van der Waals surface area contributed by atoms with Crippen molar-refractivity contribution in [2.45, 2.75) is 13.0 Å². The summed E-state index contributed by atoms with van der Waals surface area (Å²) >= 11 is 5.90. The third kappa shape index (κ3) is 2.24. The first-order chi connectivity index (χ1) is 8.53. The summed E-state index contributed by atoms with van der Waals surface area (Å²) in [4.78, 5) is 4.29. The largest absolute Gasteiger partial charge is 0.331 e. The second-order valence-corrected chi connectivity index (χ2v) is 7.39. The number of sulfone groups is 1. The molecule has 18 heavy (non-hydrogen) atoms. The van der Waals surface area contributed by atoms with Crippen LogP contribution in [0.25, 0.3) is 11.0 Å². The van der Waals surface area contributed by atoms with Gasteiger partial charge in [0.15, 0.2) is 9.84 Å². The van der Waals surface area contributed by atoms with E-state index in [1.54, 1.807) is 6.33 Å². The van der Waals surface area contributed by atoms with Gasteiger partial charge in [0.2, 0.25) is 0 Å². The minimum absolute atomic E-state index is 0.305. The highest BCUT2D eigenvalue weighted by atomic mass is 35.5. The number of benzene rings is 1. The van der Waals surface area contributed by atoms with Crippen molar-refractivity contribution in [3.05, 3.63) is 29.5 Å². The molecule has 0 unspecified atom stereocenters. The summed E-state index contributed by atoms with van der Waals surface area (Å²) in [6, 6.07) is 5.62. The summed E-state index contributed by atoms with van der Waals surface area (Å²) in [6.45, 7) is 0.804. The molecule has 96 valence electrons. The molecule has 0 saturated carbocycles. The van der Waals surface area contributed by atoms with Crippen LogP contribution in [0.5, 0.6) is 0 Å². The van der Waals surface area contributed by atoms with Crippen LogP contribution in [0.2, 0.25) is 5.02 Å². The number of imidazole rings is 1. The van der Waals surface area contributed by atoms with Gasteiger partial charge in [0.25, 0.3) is 0 Å². The highest BCUT2D eigenvalue weighted by Crippen LogP contribution is 2.24. The smallest absolute Gasteiger partial charge is 0.150 e. The van der Waals surface area contributed by atoms with Gasteiger partial charge in [-0.1, -0.05) is 11.6 Å². The lowest BCUT2D eigenvalue weighted by Crippen LogP contribution is -2.36. The normalized spacial score (nSPS) is 18.9. The van der Waals surface area contributed by atoms with Crippen LogP contribution in [-0.4, -0.2) is 29.5 Å². The van der Waals surface area contributed by atoms with Gasteiger partial charge in [-0.2, -0.15) is 0 Å². The number of nitrogens with zero attached hydrogens (tertiary/aromatic N) is 2. The summed E-state index contributed by atoms with van der Waals surface area (Å²) in [5.74, 6) is 0.983. The lowest BCUT2D eigenvalue weighted by Gasteiger charge is -2.25. The van der Waals surface area contributed by atoms with Gasteiger partial charge in [-0.25, -0.2) is 13.4 Å². The molecule has 0 N–H and O–H groups in total. The summed E-state index contributed by atoms with van der Waals surface area (Å²) in [5, 5.41) is 0.679. The van der Waals surface area contributed by atoms with E-state index in [9.17, 15) is 8.42 Å². The van der Waals surface area contributed by atoms with Crippen LogP contribution in [-0.2, 0) is 16.4 Å². The molecule has 1 saturated heterocycles. The SMILES string of the molecule is O=S1(=O)CC(CCn2cnc3cc(Cl)ccc32)C1. The van der Waals surface area contributed by atoms with Crippen LogP contribution in [0.4, 0.5) is 0 Å². The number of aryl methyl sites for hydroxylation is 1. The van der Waals surface area contributed by atoms with Crippen molar-refractivity contribution in [1.29, 1.82) is 0 Å². The van der Waals surface area contributed by atoms with E-state index < -0.39 is 9.84 Å². The molecule has 1 fully saturated rings. The van der Waals surface area contributed by atoms with E-state index in [1.807, 2.05) is 18.2 Å². The fraction of sp³-hybridized carbons (Fsp3) is 0.417. The van der Waals surface area contributed by atoms with Crippen molar-refractivity contribution in [2.24, 2.45) is 5.92 Å². The van der Waals surface area contributed by atoms with E-state index in [-0.39, 0.29) is 0 Å². The Balaban J connectivity index is 1.72. The van der Waals surface area contributed by atoms with Gasteiger partial charge in [0.05, 0.1) is 28.9 Å². The quantitative estimate of drug-likeness (QED) is 0.867. The van der Waals surface area contributed by atoms with Gasteiger partial charge in [-0.3, -0.25) is 0 Å². The van der Waals surface area contributed by atoms with Gasteiger partial charge in [-0.15, -0.1) is 0 Å². The molecule has 0 amide bonds. The lowest BCUT2D eigenvalue weighted by molar-refractivity contribution is 0.470. The zero-order chi connectivity index (χ0) is 12.8. The van der Waals surface area contributed by atoms with E-state index in [0.717, 1.165) is 24.0 Å². The first kappa shape index (κ1) is 12.0. The Morgan fingerprint density at radius 2 is 2.17 bits per heavy atom. The molecule has 1 aromatic carbocycles. The molecule has 1 aliphatic heterocycles. The fourth-order valence-electron chi connectivity index (χ4n) is 2.37. The van der Waals surface area contributed by atoms with Crippen LogP contribution >= 0.6 is 11.6 Å². The second-order valence-electron chi connectivity index (χ2n) is 4.80. The highest BCUT2D eigenvalue weighted by molar-refractivity contribution is 7.92. The predicted molar refractivity (Wildman–Crippen MR) is 71.5 cm³/mol. The van der Waals surface area contributed by atoms with Gasteiger partial charge in [0.1, 0.15) is 0 Å². The first-order valence-corrected chi connectivity index (χ1v) is 8.04. The zero-order valence-corrected chi connectivity index (χ0v) is 11.3. The van der Waals surface area contributed by atoms with Crippen molar-refractivity contribution in [3.8, 4) is 0 Å². The van der Waals surface area contributed by atoms with E-state index in [4.69, 9.17) is 11.6 Å². The van der Waals surface area contributed by atoms with Crippen molar-refractivity contribution in [2.75, 3.05) is 11.5 Å². The Labute approximate surface area is 110 Å². The molecule has 0 radical (unpaired) electrons. The van der Waals surface area contributed by atoms with Crippen molar-refractivity contribution < 1.29 is 8.42 Å². The van der Waals surface area contributed by atoms with Gasteiger partial charge >= 0.3 is 0 Å². The molecule has 4 nitrogen and oxygen atoms in total. The monoisotopic (exact) mass is 284 g/mol. The number of hydrogen-bond acceptors (Lipinski definition) is 3. The van der Waals surface area contributed by atoms with Gasteiger partial charge in [-0.05, 0) is 30.5 Å². The summed E-state index contributed by atoms with van der Waals surface area (Å²) in [6.07, 6.45) is 2.67. The molecular weight excluding hydrogens is 272 g/mol. The molecule has 0 spiro atoms. The molecule has 2 aromatic rings. The van der Waals surface area contributed by atoms with Crippen LogP contribution in [0.1, 0.15) is 6.42 Å². The number of aromatic nitrogens is 2. The standard InChI is InChI=1S/C12H13ClN2O2S/c13-10-1-2-12-11(5-10)14-8-15(12)4-3-9-6-18(16,17)7-9/h1-2,5,8-9H,3-4,6-7H2. The molecular formula is C12H13ClN2O2S. The summed E-state index contributed by atoms with van der Waals surface area (Å²) in [5.41, 5.74) is 1.92. The second kappa shape index (κ2) is 4.24. The molecule has 1 aromatic heterocycles. The van der Waals surface area contributed by atoms with Crippen molar-refractivity contribution in [3.63, 3.8) is 0 Å². The number of fused-ring (bicyclic) bond motifs is 1. The van der Waals surface area contributed by atoms with Crippen LogP contribution in [0.15, 0.2) is 24.5 Å². The maximum atomic E-state index is 11.1. The van der Waals surface area contributed by atoms with Crippen LogP contribution in [0.3, 0.4) is 0 Å².